The number of benzene rings is 2. The number of nitrogens with one attached hydrogen (secondary N) is 1. The first kappa shape index (κ1) is 21.7. The van der Waals surface area contributed by atoms with E-state index in [0.717, 1.165) is 42.5 Å². The summed E-state index contributed by atoms with van der Waals surface area (Å²) in [4.78, 5) is 39.3. The first-order valence-corrected chi connectivity index (χ1v) is 11.4. The van der Waals surface area contributed by atoms with Crippen molar-refractivity contribution >= 4 is 33.7 Å². The molecule has 2 fully saturated rings. The number of imide groups is 1. The van der Waals surface area contributed by atoms with E-state index in [2.05, 4.69) is 38.3 Å². The Hall–Kier alpha value is -2.51. The first-order valence-electron chi connectivity index (χ1n) is 10.6. The Kier molecular flexibility index (Phi) is 6.25. The monoisotopic (exact) mass is 483 g/mol. The van der Waals surface area contributed by atoms with Gasteiger partial charge in [-0.1, -0.05) is 40.2 Å². The number of nitrogens with zero attached hydrogens (tertiary/aromatic N) is 1. The van der Waals surface area contributed by atoms with Crippen LogP contribution in [0.2, 0.25) is 0 Å². The Morgan fingerprint density at radius 3 is 2.48 bits per heavy atom. The quantitative estimate of drug-likeness (QED) is 0.638. The number of piperidine rings is 2. The second-order valence-electron chi connectivity index (χ2n) is 8.47. The summed E-state index contributed by atoms with van der Waals surface area (Å²) in [6.07, 6.45) is 2.45. The molecule has 0 saturated carbocycles. The molecule has 2 aliphatic heterocycles. The van der Waals surface area contributed by atoms with Crippen LogP contribution in [-0.2, 0) is 21.5 Å². The summed E-state index contributed by atoms with van der Waals surface area (Å²) in [5, 5.41) is 2.56. The van der Waals surface area contributed by atoms with Gasteiger partial charge in [-0.2, -0.15) is 0 Å². The predicted octanol–water partition coefficient (Wildman–Crippen LogP) is 3.13. The molecule has 7 heteroatoms. The summed E-state index contributed by atoms with van der Waals surface area (Å²) in [5.41, 5.74) is 7.09. The zero-order valence-electron chi connectivity index (χ0n) is 17.3. The van der Waals surface area contributed by atoms with Crippen LogP contribution >= 0.6 is 15.9 Å². The molecule has 0 bridgehead atoms. The van der Waals surface area contributed by atoms with Gasteiger partial charge in [0.1, 0.15) is 0 Å². The van der Waals surface area contributed by atoms with Crippen molar-refractivity contribution in [3.05, 3.63) is 69.7 Å². The normalized spacial score (nSPS) is 22.9. The molecule has 0 aromatic heterocycles. The lowest BCUT2D eigenvalue weighted by atomic mass is 9.62. The van der Waals surface area contributed by atoms with Crippen LogP contribution in [0.4, 0.5) is 0 Å². The molecule has 0 unspecified atom stereocenters. The van der Waals surface area contributed by atoms with Crippen molar-refractivity contribution in [2.24, 2.45) is 11.7 Å². The van der Waals surface area contributed by atoms with Crippen molar-refractivity contribution in [1.29, 1.82) is 0 Å². The molecular formula is C24H26BrN3O3. The zero-order valence-corrected chi connectivity index (χ0v) is 18.9. The van der Waals surface area contributed by atoms with Crippen LogP contribution in [0.1, 0.15) is 47.2 Å². The summed E-state index contributed by atoms with van der Waals surface area (Å²) in [5.74, 6) is -0.922. The lowest BCUT2D eigenvalue weighted by Gasteiger charge is -2.45. The molecule has 2 saturated heterocycles. The summed E-state index contributed by atoms with van der Waals surface area (Å²) in [7, 11) is 0. The number of carbonyl (C=O) groups excluding carboxylic acids is 3. The number of carbonyl (C=O) groups is 3. The molecular weight excluding hydrogens is 458 g/mol. The van der Waals surface area contributed by atoms with Crippen molar-refractivity contribution in [3.8, 4) is 0 Å². The Bertz CT molecular complexity index is 999. The van der Waals surface area contributed by atoms with Crippen LogP contribution in [0.3, 0.4) is 0 Å². The van der Waals surface area contributed by atoms with Gasteiger partial charge in [0, 0.05) is 23.0 Å². The van der Waals surface area contributed by atoms with Gasteiger partial charge in [-0.25, -0.2) is 0 Å². The van der Waals surface area contributed by atoms with Crippen LogP contribution in [0.25, 0.3) is 0 Å². The number of hydrogen-bond donors (Lipinski definition) is 2. The number of hydrogen-bond acceptors (Lipinski definition) is 4. The Balaban J connectivity index is 1.57. The number of likely N-dealkylation sites (tertiary alicyclic amines) is 1. The number of primary amides is 1. The van der Waals surface area contributed by atoms with E-state index in [1.807, 2.05) is 18.2 Å². The van der Waals surface area contributed by atoms with E-state index in [1.54, 1.807) is 18.2 Å². The second kappa shape index (κ2) is 8.93. The molecule has 0 radical (unpaired) electrons. The number of nitrogens with two attached hydrogens (primary N) is 1. The Labute approximate surface area is 190 Å². The fourth-order valence-electron chi connectivity index (χ4n) is 5.01. The lowest BCUT2D eigenvalue weighted by Crippen LogP contribution is -2.57. The van der Waals surface area contributed by atoms with Gasteiger partial charge < -0.3 is 5.73 Å². The number of amides is 3. The minimum absolute atomic E-state index is 0.0879. The summed E-state index contributed by atoms with van der Waals surface area (Å²) in [6.45, 7) is 2.62. The average molecular weight is 484 g/mol. The number of rotatable bonds is 5. The standard InChI is InChI=1S/C24H26BrN3O3/c25-20-6-4-16(5-7-20)15-28-12-9-18(10-13-28)24(11-8-21(29)27-23(24)31)19-3-1-2-17(14-19)22(26)30/h1-7,14,18H,8-13,15H2,(H2,26,30)(H,27,29,31)/t24-/m1/s1. The van der Waals surface area contributed by atoms with Crippen LogP contribution < -0.4 is 11.1 Å². The Morgan fingerprint density at radius 1 is 1.13 bits per heavy atom. The zero-order chi connectivity index (χ0) is 22.0. The van der Waals surface area contributed by atoms with Gasteiger partial charge in [0.15, 0.2) is 0 Å². The largest absolute Gasteiger partial charge is 0.366 e. The average Bonchev–Trinajstić information content (AvgIpc) is 2.76. The van der Waals surface area contributed by atoms with E-state index in [9.17, 15) is 14.4 Å². The maximum Gasteiger partial charge on any atom is 0.248 e. The molecule has 3 amide bonds. The first-order chi connectivity index (χ1) is 14.9. The van der Waals surface area contributed by atoms with Gasteiger partial charge in [0.2, 0.25) is 17.7 Å². The summed E-state index contributed by atoms with van der Waals surface area (Å²) < 4.78 is 1.06. The van der Waals surface area contributed by atoms with Crippen LogP contribution in [0, 0.1) is 5.92 Å². The van der Waals surface area contributed by atoms with Gasteiger partial charge in [-0.05, 0) is 73.7 Å². The molecule has 162 valence electrons. The van der Waals surface area contributed by atoms with Gasteiger partial charge >= 0.3 is 0 Å². The van der Waals surface area contributed by atoms with Crippen molar-refractivity contribution in [2.45, 2.75) is 37.6 Å². The van der Waals surface area contributed by atoms with E-state index in [-0.39, 0.29) is 17.7 Å². The van der Waals surface area contributed by atoms with E-state index in [4.69, 9.17) is 5.73 Å². The minimum Gasteiger partial charge on any atom is -0.366 e. The van der Waals surface area contributed by atoms with E-state index >= 15 is 0 Å². The molecule has 2 aliphatic rings. The highest BCUT2D eigenvalue weighted by molar-refractivity contribution is 9.10. The molecule has 2 aromatic rings. The fourth-order valence-corrected chi connectivity index (χ4v) is 5.27. The van der Waals surface area contributed by atoms with Crippen molar-refractivity contribution in [3.63, 3.8) is 0 Å². The third kappa shape index (κ3) is 4.43. The van der Waals surface area contributed by atoms with Gasteiger partial charge in [0.05, 0.1) is 5.41 Å². The molecule has 0 aliphatic carbocycles. The molecule has 2 heterocycles. The summed E-state index contributed by atoms with van der Waals surface area (Å²) in [6, 6.07) is 15.4. The smallest absolute Gasteiger partial charge is 0.248 e. The van der Waals surface area contributed by atoms with Crippen LogP contribution in [-0.4, -0.2) is 35.7 Å². The summed E-state index contributed by atoms with van der Waals surface area (Å²) >= 11 is 3.47. The lowest BCUT2D eigenvalue weighted by molar-refractivity contribution is -0.140. The molecule has 1 atom stereocenters. The maximum atomic E-state index is 13.2. The Morgan fingerprint density at radius 2 is 1.84 bits per heavy atom. The predicted molar refractivity (Wildman–Crippen MR) is 121 cm³/mol. The minimum atomic E-state index is -0.816. The maximum absolute atomic E-state index is 13.2. The van der Waals surface area contributed by atoms with Gasteiger partial charge in [0.25, 0.3) is 0 Å². The third-order valence-corrected chi connectivity index (χ3v) is 7.20. The molecule has 2 aromatic carbocycles. The molecule has 4 rings (SSSR count). The highest BCUT2D eigenvalue weighted by Gasteiger charge is 2.50. The van der Waals surface area contributed by atoms with Gasteiger partial charge in [-0.3, -0.25) is 24.6 Å². The molecule has 31 heavy (non-hydrogen) atoms. The third-order valence-electron chi connectivity index (χ3n) is 6.67. The van der Waals surface area contributed by atoms with E-state index < -0.39 is 11.3 Å². The molecule has 0 spiro atoms. The van der Waals surface area contributed by atoms with E-state index in [0.29, 0.717) is 18.4 Å². The van der Waals surface area contributed by atoms with Crippen molar-refractivity contribution in [1.82, 2.24) is 10.2 Å². The van der Waals surface area contributed by atoms with E-state index in [1.165, 1.54) is 5.56 Å². The highest BCUT2D eigenvalue weighted by atomic mass is 79.9. The second-order valence-corrected chi connectivity index (χ2v) is 9.39. The van der Waals surface area contributed by atoms with Crippen molar-refractivity contribution in [2.75, 3.05) is 13.1 Å². The molecule has 3 N–H and O–H groups in total. The van der Waals surface area contributed by atoms with Crippen molar-refractivity contribution < 1.29 is 14.4 Å². The van der Waals surface area contributed by atoms with Gasteiger partial charge in [-0.15, -0.1) is 0 Å². The topological polar surface area (TPSA) is 92.5 Å². The highest BCUT2D eigenvalue weighted by Crippen LogP contribution is 2.44. The van der Waals surface area contributed by atoms with Crippen LogP contribution in [0.5, 0.6) is 0 Å². The fraction of sp³-hybridized carbons (Fsp3) is 0.375. The van der Waals surface area contributed by atoms with Crippen LogP contribution in [0.15, 0.2) is 53.0 Å². The number of halogens is 1. The SMILES string of the molecule is NC(=O)c1cccc([C@]2(C3CCN(Cc4ccc(Br)cc4)CC3)CCC(=O)NC2=O)c1. The molecule has 6 nitrogen and oxygen atoms in total.